The Morgan fingerprint density at radius 1 is 1.30 bits per heavy atom. The molecule has 4 heteroatoms. The quantitative estimate of drug-likeness (QED) is 0.892. The number of piperazine rings is 1. The van der Waals surface area contributed by atoms with Gasteiger partial charge in [0.05, 0.1) is 5.56 Å². The van der Waals surface area contributed by atoms with Gasteiger partial charge in [0, 0.05) is 37.3 Å². The van der Waals surface area contributed by atoms with E-state index in [1.807, 2.05) is 12.1 Å². The Hall–Kier alpha value is -1.39. The number of Topliss-reactive ketones (excluding diaryl/α,β-unsaturated/α-hetero) is 1. The number of ether oxygens (including phenoxy) is 1. The Balaban J connectivity index is 1.86. The Morgan fingerprint density at radius 2 is 2.00 bits per heavy atom. The van der Waals surface area contributed by atoms with E-state index in [1.54, 1.807) is 0 Å². The van der Waals surface area contributed by atoms with Gasteiger partial charge in [0.2, 0.25) is 5.78 Å². The molecule has 0 aliphatic carbocycles. The van der Waals surface area contributed by atoms with E-state index in [0.717, 1.165) is 30.9 Å². The second-order valence-corrected chi connectivity index (χ2v) is 6.11. The van der Waals surface area contributed by atoms with Gasteiger partial charge in [0.15, 0.2) is 6.61 Å². The molecule has 1 N–H and O–H groups in total. The average Bonchev–Trinajstić information content (AvgIpc) is 2.74. The van der Waals surface area contributed by atoms with Crippen molar-refractivity contribution in [3.63, 3.8) is 0 Å². The fraction of sp³-hybridized carbons (Fsp3) is 0.562. The van der Waals surface area contributed by atoms with Crippen molar-refractivity contribution < 1.29 is 9.53 Å². The van der Waals surface area contributed by atoms with Gasteiger partial charge in [-0.1, -0.05) is 6.07 Å². The van der Waals surface area contributed by atoms with E-state index in [-0.39, 0.29) is 12.4 Å². The zero-order chi connectivity index (χ0) is 14.3. The molecule has 2 aliphatic heterocycles. The van der Waals surface area contributed by atoms with Crippen molar-refractivity contribution in [1.29, 1.82) is 0 Å². The number of fused-ring (bicyclic) bond motifs is 1. The molecule has 0 radical (unpaired) electrons. The number of ketones is 1. The number of hydrogen-bond acceptors (Lipinski definition) is 4. The first-order valence-electron chi connectivity index (χ1n) is 7.31. The van der Waals surface area contributed by atoms with Gasteiger partial charge in [0.25, 0.3) is 0 Å². The number of nitrogens with one attached hydrogen (secondary N) is 1. The highest BCUT2D eigenvalue weighted by atomic mass is 16.5. The number of carbonyl (C=O) groups is 1. The van der Waals surface area contributed by atoms with Crippen LogP contribution in [0.4, 0.5) is 0 Å². The molecule has 1 saturated heterocycles. The van der Waals surface area contributed by atoms with Crippen LogP contribution in [0.3, 0.4) is 0 Å². The van der Waals surface area contributed by atoms with Crippen LogP contribution >= 0.6 is 0 Å². The highest BCUT2D eigenvalue weighted by molar-refractivity contribution is 6.02. The molecule has 0 unspecified atom stereocenters. The molecule has 1 aromatic carbocycles. The van der Waals surface area contributed by atoms with Crippen molar-refractivity contribution in [2.45, 2.75) is 39.4 Å². The van der Waals surface area contributed by atoms with Crippen molar-refractivity contribution in [2.75, 3.05) is 19.7 Å². The van der Waals surface area contributed by atoms with Crippen LogP contribution in [-0.2, 0) is 6.54 Å². The van der Waals surface area contributed by atoms with E-state index in [2.05, 4.69) is 31.0 Å². The number of rotatable bonds is 2. The van der Waals surface area contributed by atoms with Crippen molar-refractivity contribution in [2.24, 2.45) is 0 Å². The Kier molecular flexibility index (Phi) is 3.52. The highest BCUT2D eigenvalue weighted by Gasteiger charge is 2.27. The maximum absolute atomic E-state index is 11.8. The lowest BCUT2D eigenvalue weighted by atomic mass is 10.0. The molecule has 4 nitrogen and oxygen atoms in total. The van der Waals surface area contributed by atoms with E-state index in [0.29, 0.717) is 12.1 Å². The first-order valence-corrected chi connectivity index (χ1v) is 7.31. The Labute approximate surface area is 120 Å². The van der Waals surface area contributed by atoms with Crippen LogP contribution in [0.2, 0.25) is 0 Å². The Bertz CT molecular complexity index is 532. The van der Waals surface area contributed by atoms with E-state index in [1.165, 1.54) is 11.1 Å². The lowest BCUT2D eigenvalue weighted by Crippen LogP contribution is -2.53. The maximum Gasteiger partial charge on any atom is 0.203 e. The number of benzene rings is 1. The van der Waals surface area contributed by atoms with Crippen LogP contribution in [0.5, 0.6) is 5.75 Å². The number of hydrogen-bond donors (Lipinski definition) is 1. The SMILES string of the molecule is Cc1ccc2c(c1CN1C[C@@H](C)N[C@@H](C)C1)OCC2=O. The zero-order valence-electron chi connectivity index (χ0n) is 12.4. The summed E-state index contributed by atoms with van der Waals surface area (Å²) in [5.74, 6) is 0.914. The third kappa shape index (κ3) is 2.45. The Morgan fingerprint density at radius 3 is 2.70 bits per heavy atom. The standard InChI is InChI=1S/C16H22N2O2/c1-10-4-5-13-15(19)9-20-16(13)14(10)8-18-6-11(2)17-12(3)7-18/h4-5,11-12,17H,6-9H2,1-3H3/t11-,12+. The summed E-state index contributed by atoms with van der Waals surface area (Å²) < 4.78 is 5.63. The normalized spacial score (nSPS) is 26.4. The molecule has 0 spiro atoms. The molecule has 20 heavy (non-hydrogen) atoms. The third-order valence-electron chi connectivity index (χ3n) is 4.16. The minimum Gasteiger partial charge on any atom is -0.484 e. The van der Waals surface area contributed by atoms with E-state index >= 15 is 0 Å². The van der Waals surface area contributed by atoms with Gasteiger partial charge in [-0.3, -0.25) is 9.69 Å². The maximum atomic E-state index is 11.8. The molecule has 0 bridgehead atoms. The van der Waals surface area contributed by atoms with Gasteiger partial charge in [0.1, 0.15) is 5.75 Å². The predicted octanol–water partition coefficient (Wildman–Crippen LogP) is 1.75. The van der Waals surface area contributed by atoms with Gasteiger partial charge < -0.3 is 10.1 Å². The summed E-state index contributed by atoms with van der Waals surface area (Å²) >= 11 is 0. The van der Waals surface area contributed by atoms with Crippen LogP contribution in [-0.4, -0.2) is 42.5 Å². The smallest absolute Gasteiger partial charge is 0.203 e. The number of nitrogens with zero attached hydrogens (tertiary/aromatic N) is 1. The topological polar surface area (TPSA) is 41.6 Å². The van der Waals surface area contributed by atoms with Crippen molar-refractivity contribution in [1.82, 2.24) is 10.2 Å². The predicted molar refractivity (Wildman–Crippen MR) is 78.3 cm³/mol. The molecule has 0 amide bonds. The molecule has 0 saturated carbocycles. The lowest BCUT2D eigenvalue weighted by Gasteiger charge is -2.36. The van der Waals surface area contributed by atoms with Gasteiger partial charge >= 0.3 is 0 Å². The molecule has 2 aliphatic rings. The monoisotopic (exact) mass is 274 g/mol. The fourth-order valence-electron chi connectivity index (χ4n) is 3.32. The van der Waals surface area contributed by atoms with Gasteiger partial charge in [-0.2, -0.15) is 0 Å². The van der Waals surface area contributed by atoms with Gasteiger partial charge in [-0.25, -0.2) is 0 Å². The molecule has 1 fully saturated rings. The summed E-state index contributed by atoms with van der Waals surface area (Å²) in [7, 11) is 0. The molecule has 0 aromatic heterocycles. The average molecular weight is 274 g/mol. The van der Waals surface area contributed by atoms with Crippen molar-refractivity contribution >= 4 is 5.78 Å². The summed E-state index contributed by atoms with van der Waals surface area (Å²) in [5.41, 5.74) is 3.13. The second-order valence-electron chi connectivity index (χ2n) is 6.11. The number of carbonyl (C=O) groups excluding carboxylic acids is 1. The summed E-state index contributed by atoms with van der Waals surface area (Å²) in [5, 5.41) is 3.54. The van der Waals surface area contributed by atoms with Gasteiger partial charge in [-0.05, 0) is 32.4 Å². The zero-order valence-corrected chi connectivity index (χ0v) is 12.4. The molecular weight excluding hydrogens is 252 g/mol. The lowest BCUT2D eigenvalue weighted by molar-refractivity contribution is 0.0960. The minimum atomic E-state index is 0.100. The van der Waals surface area contributed by atoms with Crippen molar-refractivity contribution in [3.05, 3.63) is 28.8 Å². The third-order valence-corrected chi connectivity index (χ3v) is 4.16. The molecular formula is C16H22N2O2. The summed E-state index contributed by atoms with van der Waals surface area (Å²) in [6.45, 7) is 9.63. The van der Waals surface area contributed by atoms with Crippen LogP contribution in [0.1, 0.15) is 35.3 Å². The largest absolute Gasteiger partial charge is 0.484 e. The highest BCUT2D eigenvalue weighted by Crippen LogP contribution is 2.33. The van der Waals surface area contributed by atoms with Crippen LogP contribution in [0.25, 0.3) is 0 Å². The fourth-order valence-corrected chi connectivity index (χ4v) is 3.32. The molecule has 1 aromatic rings. The minimum absolute atomic E-state index is 0.100. The first kappa shape index (κ1) is 13.6. The molecule has 3 rings (SSSR count). The van der Waals surface area contributed by atoms with Crippen molar-refractivity contribution in [3.8, 4) is 5.75 Å². The second kappa shape index (κ2) is 5.19. The van der Waals surface area contributed by atoms with Crippen LogP contribution < -0.4 is 10.1 Å². The summed E-state index contributed by atoms with van der Waals surface area (Å²) in [6, 6.07) is 4.93. The van der Waals surface area contributed by atoms with Gasteiger partial charge in [-0.15, -0.1) is 0 Å². The van der Waals surface area contributed by atoms with E-state index < -0.39 is 0 Å². The molecule has 108 valence electrons. The molecule has 2 heterocycles. The summed E-state index contributed by atoms with van der Waals surface area (Å²) in [4.78, 5) is 14.2. The summed E-state index contributed by atoms with van der Waals surface area (Å²) in [6.07, 6.45) is 0. The van der Waals surface area contributed by atoms with E-state index in [9.17, 15) is 4.79 Å². The van der Waals surface area contributed by atoms with Crippen LogP contribution in [0, 0.1) is 6.92 Å². The van der Waals surface area contributed by atoms with E-state index in [4.69, 9.17) is 4.74 Å². The number of aryl methyl sites for hydroxylation is 1. The molecule has 2 atom stereocenters. The first-order chi connectivity index (χ1) is 9.54. The van der Waals surface area contributed by atoms with Crippen LogP contribution in [0.15, 0.2) is 12.1 Å².